The van der Waals surface area contributed by atoms with Crippen LogP contribution >= 0.6 is 0 Å². The molecular formula is C20H29N3O2. The topological polar surface area (TPSA) is 56.2 Å². The lowest BCUT2D eigenvalue weighted by Gasteiger charge is -2.34. The van der Waals surface area contributed by atoms with E-state index in [4.69, 9.17) is 4.74 Å². The molecule has 2 heterocycles. The second-order valence-electron chi connectivity index (χ2n) is 7.01. The predicted octanol–water partition coefficient (Wildman–Crippen LogP) is 3.44. The van der Waals surface area contributed by atoms with Crippen LogP contribution in [0.15, 0.2) is 24.3 Å². The van der Waals surface area contributed by atoms with Gasteiger partial charge in [0.1, 0.15) is 12.4 Å². The Hall–Kier alpha value is -1.88. The van der Waals surface area contributed by atoms with E-state index >= 15 is 0 Å². The highest BCUT2D eigenvalue weighted by atomic mass is 16.5. The van der Waals surface area contributed by atoms with Gasteiger partial charge in [-0.15, -0.1) is 0 Å². The van der Waals surface area contributed by atoms with Gasteiger partial charge in [-0.2, -0.15) is 0 Å². The van der Waals surface area contributed by atoms with Crippen LogP contribution in [0.2, 0.25) is 0 Å². The number of para-hydroxylation sites is 2. The standard InChI is InChI=1S/C20H29N3O2/c1-4-15(5-2)19-12-16(10-11-25-19)22-20(24)13-23-14(3)21-17-8-6-7-9-18(17)23/h6-9,15-16,19H,4-5,10-13H2,1-3H3,(H,22,24)/t16-,19+/m1/s1. The highest BCUT2D eigenvalue weighted by molar-refractivity contribution is 5.81. The minimum Gasteiger partial charge on any atom is -0.378 e. The van der Waals surface area contributed by atoms with Gasteiger partial charge in [-0.1, -0.05) is 38.8 Å². The van der Waals surface area contributed by atoms with Crippen molar-refractivity contribution in [1.82, 2.24) is 14.9 Å². The minimum absolute atomic E-state index is 0.0569. The zero-order valence-electron chi connectivity index (χ0n) is 15.5. The monoisotopic (exact) mass is 343 g/mol. The first-order valence-corrected chi connectivity index (χ1v) is 9.45. The lowest BCUT2D eigenvalue weighted by Crippen LogP contribution is -2.45. The largest absolute Gasteiger partial charge is 0.378 e. The SMILES string of the molecule is CCC(CC)[C@@H]1C[C@H](NC(=O)Cn2c(C)nc3ccccc32)CCO1. The molecule has 136 valence electrons. The molecule has 1 aliphatic rings. The number of hydrogen-bond acceptors (Lipinski definition) is 3. The van der Waals surface area contributed by atoms with Gasteiger partial charge in [0.25, 0.3) is 0 Å². The molecule has 1 amide bonds. The van der Waals surface area contributed by atoms with Crippen molar-refractivity contribution in [2.24, 2.45) is 5.92 Å². The number of nitrogens with one attached hydrogen (secondary N) is 1. The molecular weight excluding hydrogens is 314 g/mol. The average molecular weight is 343 g/mol. The lowest BCUT2D eigenvalue weighted by atomic mass is 9.89. The number of carbonyl (C=O) groups is 1. The van der Waals surface area contributed by atoms with Crippen LogP contribution in [0.25, 0.3) is 11.0 Å². The molecule has 2 aromatic rings. The van der Waals surface area contributed by atoms with Gasteiger partial charge in [0.2, 0.25) is 5.91 Å². The molecule has 0 spiro atoms. The van der Waals surface area contributed by atoms with Crippen molar-refractivity contribution >= 4 is 16.9 Å². The van der Waals surface area contributed by atoms with Crippen molar-refractivity contribution in [2.75, 3.05) is 6.61 Å². The number of aryl methyl sites for hydroxylation is 1. The summed E-state index contributed by atoms with van der Waals surface area (Å²) in [5.41, 5.74) is 1.95. The number of ether oxygens (including phenoxy) is 1. The van der Waals surface area contributed by atoms with E-state index in [-0.39, 0.29) is 18.1 Å². The zero-order chi connectivity index (χ0) is 17.8. The number of imidazole rings is 1. The van der Waals surface area contributed by atoms with Crippen molar-refractivity contribution < 1.29 is 9.53 Å². The van der Waals surface area contributed by atoms with Crippen molar-refractivity contribution in [2.45, 2.75) is 65.1 Å². The van der Waals surface area contributed by atoms with Crippen LogP contribution in [0.4, 0.5) is 0 Å². The molecule has 0 radical (unpaired) electrons. The van der Waals surface area contributed by atoms with E-state index in [0.29, 0.717) is 12.5 Å². The minimum atomic E-state index is 0.0569. The third-order valence-corrected chi connectivity index (χ3v) is 5.40. The van der Waals surface area contributed by atoms with Crippen LogP contribution < -0.4 is 5.32 Å². The normalized spacial score (nSPS) is 21.0. The third-order valence-electron chi connectivity index (χ3n) is 5.40. The fourth-order valence-corrected chi connectivity index (χ4v) is 3.91. The molecule has 1 aromatic heterocycles. The Kier molecular flexibility index (Phi) is 5.74. The number of benzene rings is 1. The molecule has 0 saturated carbocycles. The summed E-state index contributed by atoms with van der Waals surface area (Å²) in [5, 5.41) is 3.21. The van der Waals surface area contributed by atoms with Crippen LogP contribution in [0.3, 0.4) is 0 Å². The Morgan fingerprint density at radius 3 is 2.88 bits per heavy atom. The smallest absolute Gasteiger partial charge is 0.240 e. The first-order chi connectivity index (χ1) is 12.1. The maximum absolute atomic E-state index is 12.6. The molecule has 2 atom stereocenters. The van der Waals surface area contributed by atoms with Gasteiger partial charge >= 0.3 is 0 Å². The van der Waals surface area contributed by atoms with Crippen molar-refractivity contribution in [1.29, 1.82) is 0 Å². The molecule has 1 N–H and O–H groups in total. The van der Waals surface area contributed by atoms with E-state index in [1.54, 1.807) is 0 Å². The summed E-state index contributed by atoms with van der Waals surface area (Å²) in [4.78, 5) is 17.1. The summed E-state index contributed by atoms with van der Waals surface area (Å²) < 4.78 is 7.94. The summed E-state index contributed by atoms with van der Waals surface area (Å²) in [6.07, 6.45) is 4.34. The Labute approximate surface area is 149 Å². The van der Waals surface area contributed by atoms with Crippen LogP contribution in [0.5, 0.6) is 0 Å². The second kappa shape index (κ2) is 8.00. The van der Waals surface area contributed by atoms with Gasteiger partial charge in [-0.3, -0.25) is 4.79 Å². The van der Waals surface area contributed by atoms with Crippen LogP contribution in [0, 0.1) is 12.8 Å². The number of aromatic nitrogens is 2. The van der Waals surface area contributed by atoms with Gasteiger partial charge < -0.3 is 14.6 Å². The zero-order valence-corrected chi connectivity index (χ0v) is 15.5. The second-order valence-corrected chi connectivity index (χ2v) is 7.01. The summed E-state index contributed by atoms with van der Waals surface area (Å²) in [5.74, 6) is 1.51. The van der Waals surface area contributed by atoms with Gasteiger partial charge in [-0.25, -0.2) is 4.98 Å². The van der Waals surface area contributed by atoms with E-state index in [0.717, 1.165) is 49.1 Å². The van der Waals surface area contributed by atoms with Gasteiger partial charge in [-0.05, 0) is 37.8 Å². The van der Waals surface area contributed by atoms with Crippen LogP contribution in [0.1, 0.15) is 45.4 Å². The molecule has 0 bridgehead atoms. The Morgan fingerprint density at radius 1 is 1.36 bits per heavy atom. The summed E-state index contributed by atoms with van der Waals surface area (Å²) in [6.45, 7) is 7.43. The molecule has 5 nitrogen and oxygen atoms in total. The maximum Gasteiger partial charge on any atom is 0.240 e. The van der Waals surface area contributed by atoms with Crippen molar-refractivity contribution in [3.63, 3.8) is 0 Å². The number of carbonyl (C=O) groups excluding carboxylic acids is 1. The van der Waals surface area contributed by atoms with E-state index in [2.05, 4.69) is 24.1 Å². The van der Waals surface area contributed by atoms with E-state index in [9.17, 15) is 4.79 Å². The molecule has 1 fully saturated rings. The highest BCUT2D eigenvalue weighted by Crippen LogP contribution is 2.25. The third kappa shape index (κ3) is 4.03. The first-order valence-electron chi connectivity index (χ1n) is 9.45. The van der Waals surface area contributed by atoms with Crippen molar-refractivity contribution in [3.05, 3.63) is 30.1 Å². The number of fused-ring (bicyclic) bond motifs is 1. The van der Waals surface area contributed by atoms with E-state index in [1.807, 2.05) is 35.8 Å². The molecule has 5 heteroatoms. The maximum atomic E-state index is 12.6. The van der Waals surface area contributed by atoms with Gasteiger partial charge in [0.15, 0.2) is 0 Å². The summed E-state index contributed by atoms with van der Waals surface area (Å²) >= 11 is 0. The van der Waals surface area contributed by atoms with Crippen LogP contribution in [-0.4, -0.2) is 34.2 Å². The molecule has 1 aromatic carbocycles. The Bertz CT molecular complexity index is 721. The van der Waals surface area contributed by atoms with Crippen LogP contribution in [-0.2, 0) is 16.1 Å². The molecule has 0 unspecified atom stereocenters. The fraction of sp³-hybridized carbons (Fsp3) is 0.600. The highest BCUT2D eigenvalue weighted by Gasteiger charge is 2.28. The number of hydrogen-bond donors (Lipinski definition) is 1. The summed E-state index contributed by atoms with van der Waals surface area (Å²) in [7, 11) is 0. The Morgan fingerprint density at radius 2 is 2.12 bits per heavy atom. The van der Waals surface area contributed by atoms with E-state index < -0.39 is 0 Å². The molecule has 1 aliphatic heterocycles. The number of rotatable bonds is 6. The van der Waals surface area contributed by atoms with Gasteiger partial charge in [0.05, 0.1) is 17.1 Å². The fourth-order valence-electron chi connectivity index (χ4n) is 3.91. The predicted molar refractivity (Wildman–Crippen MR) is 99.4 cm³/mol. The lowest BCUT2D eigenvalue weighted by molar-refractivity contribution is -0.123. The molecule has 25 heavy (non-hydrogen) atoms. The van der Waals surface area contributed by atoms with Crippen molar-refractivity contribution in [3.8, 4) is 0 Å². The summed E-state index contributed by atoms with van der Waals surface area (Å²) in [6, 6.07) is 8.16. The first kappa shape index (κ1) is 17.9. The quantitative estimate of drug-likeness (QED) is 0.874. The molecule has 1 saturated heterocycles. The number of amides is 1. The van der Waals surface area contributed by atoms with E-state index in [1.165, 1.54) is 0 Å². The average Bonchev–Trinajstić information content (AvgIpc) is 2.92. The Balaban J connectivity index is 1.63. The van der Waals surface area contributed by atoms with Gasteiger partial charge in [0, 0.05) is 12.6 Å². The molecule has 0 aliphatic carbocycles. The molecule has 3 rings (SSSR count). The number of nitrogens with zero attached hydrogens (tertiary/aromatic N) is 2.